The predicted molar refractivity (Wildman–Crippen MR) is 123 cm³/mol. The number of halogens is 1. The zero-order valence-electron chi connectivity index (χ0n) is 17.5. The van der Waals surface area contributed by atoms with Gasteiger partial charge in [0.05, 0.1) is 22.6 Å². The lowest BCUT2D eigenvalue weighted by molar-refractivity contribution is 0.0942. The lowest BCUT2D eigenvalue weighted by Gasteiger charge is -2.07. The van der Waals surface area contributed by atoms with Crippen molar-refractivity contribution in [2.75, 3.05) is 5.32 Å². The van der Waals surface area contributed by atoms with E-state index in [1.807, 2.05) is 36.0 Å². The number of nitrogens with zero attached hydrogens (tertiary/aromatic N) is 4. The smallest absolute Gasteiger partial charge is 0.267 e. The van der Waals surface area contributed by atoms with Gasteiger partial charge in [0.2, 0.25) is 5.95 Å². The second-order valence-corrected chi connectivity index (χ2v) is 9.09. The molecule has 2 fully saturated rings. The molecule has 2 saturated carbocycles. The molecule has 3 aromatic heterocycles. The van der Waals surface area contributed by atoms with E-state index in [1.165, 1.54) is 19.3 Å². The van der Waals surface area contributed by atoms with E-state index in [2.05, 4.69) is 30.6 Å². The summed E-state index contributed by atoms with van der Waals surface area (Å²) in [6.45, 7) is 0. The van der Waals surface area contributed by atoms with Gasteiger partial charge >= 0.3 is 0 Å². The van der Waals surface area contributed by atoms with Gasteiger partial charge in [-0.15, -0.1) is 0 Å². The maximum atomic E-state index is 12.7. The summed E-state index contributed by atoms with van der Waals surface area (Å²) in [4.78, 5) is 29.1. The molecule has 0 spiro atoms. The Hall–Kier alpha value is -3.39. The molecule has 2 aliphatic carbocycles. The summed E-state index contributed by atoms with van der Waals surface area (Å²) in [5.41, 5.74) is 3.50. The number of carbonyl (C=O) groups is 1. The minimum absolute atomic E-state index is 0.0717. The molecule has 32 heavy (non-hydrogen) atoms. The number of nitrogens with one attached hydrogen (secondary N) is 3. The third kappa shape index (κ3) is 3.40. The highest BCUT2D eigenvalue weighted by Crippen LogP contribution is 2.51. The Bertz CT molecular complexity index is 1330. The van der Waals surface area contributed by atoms with E-state index in [0.717, 1.165) is 28.0 Å². The number of hydrogen-bond donors (Lipinski definition) is 3. The predicted octanol–water partition coefficient (Wildman–Crippen LogP) is 4.28. The van der Waals surface area contributed by atoms with Crippen LogP contribution in [0.3, 0.4) is 0 Å². The van der Waals surface area contributed by atoms with Crippen LogP contribution in [0.15, 0.2) is 43.0 Å². The van der Waals surface area contributed by atoms with Crippen LogP contribution in [0.5, 0.6) is 0 Å². The van der Waals surface area contributed by atoms with Gasteiger partial charge in [-0.3, -0.25) is 4.79 Å². The van der Waals surface area contributed by atoms with Crippen LogP contribution >= 0.6 is 11.6 Å². The van der Waals surface area contributed by atoms with Gasteiger partial charge in [0.25, 0.3) is 5.91 Å². The Labute approximate surface area is 189 Å². The van der Waals surface area contributed by atoms with Gasteiger partial charge < -0.3 is 20.2 Å². The number of aromatic amines is 1. The largest absolute Gasteiger partial charge is 0.349 e. The van der Waals surface area contributed by atoms with E-state index in [0.29, 0.717) is 34.5 Å². The van der Waals surface area contributed by atoms with Crippen molar-refractivity contribution in [3.05, 3.63) is 53.7 Å². The number of hydrogen-bond acceptors (Lipinski definition) is 5. The average Bonchev–Trinajstić information content (AvgIpc) is 3.26. The van der Waals surface area contributed by atoms with E-state index >= 15 is 0 Å². The molecular weight excluding hydrogens is 426 g/mol. The van der Waals surface area contributed by atoms with E-state index in [1.54, 1.807) is 18.6 Å². The number of benzene rings is 1. The summed E-state index contributed by atoms with van der Waals surface area (Å²) < 4.78 is 1.87. The molecule has 162 valence electrons. The van der Waals surface area contributed by atoms with Crippen molar-refractivity contribution in [1.82, 2.24) is 29.8 Å². The summed E-state index contributed by atoms with van der Waals surface area (Å²) in [6.07, 6.45) is 9.06. The first-order chi connectivity index (χ1) is 15.5. The highest BCUT2D eigenvalue weighted by molar-refractivity contribution is 6.35. The second kappa shape index (κ2) is 7.34. The van der Waals surface area contributed by atoms with Gasteiger partial charge in [0, 0.05) is 36.6 Å². The minimum atomic E-state index is -0.0717. The molecule has 2 aliphatic rings. The van der Waals surface area contributed by atoms with Crippen molar-refractivity contribution < 1.29 is 4.79 Å². The van der Waals surface area contributed by atoms with E-state index in [9.17, 15) is 4.79 Å². The Morgan fingerprint density at radius 3 is 2.81 bits per heavy atom. The molecule has 4 aromatic rings. The summed E-state index contributed by atoms with van der Waals surface area (Å²) in [5.74, 6) is 1.71. The molecule has 9 heteroatoms. The van der Waals surface area contributed by atoms with Gasteiger partial charge in [-0.25, -0.2) is 15.0 Å². The van der Waals surface area contributed by atoms with E-state index in [4.69, 9.17) is 11.6 Å². The molecule has 0 bridgehead atoms. The molecule has 0 radical (unpaired) electrons. The second-order valence-electron chi connectivity index (χ2n) is 8.68. The third-order valence-electron chi connectivity index (χ3n) is 6.51. The molecule has 8 nitrogen and oxygen atoms in total. The van der Waals surface area contributed by atoms with Crippen molar-refractivity contribution in [2.45, 2.75) is 25.3 Å². The average molecular weight is 448 g/mol. The number of imidazole rings is 1. The number of aryl methyl sites for hydroxylation is 1. The lowest BCUT2D eigenvalue weighted by Crippen LogP contribution is -2.28. The molecule has 0 aliphatic heterocycles. The summed E-state index contributed by atoms with van der Waals surface area (Å²) >= 11 is 6.52. The number of amides is 1. The fourth-order valence-electron chi connectivity index (χ4n) is 4.89. The SMILES string of the molecule is Cn1cnc(-c2ccnc(Nc3cc(Cl)c4[nH]c(C(=O)NC5[C@H]6CCC[C@@H]56)cc4c3)n2)c1. The van der Waals surface area contributed by atoms with Gasteiger partial charge in [0.15, 0.2) is 0 Å². The third-order valence-corrected chi connectivity index (χ3v) is 6.81. The Kier molecular flexibility index (Phi) is 4.43. The standard InChI is InChI=1S/C23H22ClN7O/c1-31-10-19(26-11-31)17-5-6-25-23(29-17)27-13-7-12-8-18(28-20(12)16(24)9-13)22(32)30-21-14-3-2-4-15(14)21/h5-11,14-15,21,28H,2-4H2,1H3,(H,30,32)(H,25,27,29)/t14-,15+,21?. The number of carbonyl (C=O) groups excluding carboxylic acids is 1. The molecule has 1 aromatic carbocycles. The van der Waals surface area contributed by atoms with Crippen LogP contribution in [-0.4, -0.2) is 36.5 Å². The Morgan fingerprint density at radius 2 is 2.03 bits per heavy atom. The highest BCUT2D eigenvalue weighted by atomic mass is 35.5. The van der Waals surface area contributed by atoms with Crippen LogP contribution in [0.2, 0.25) is 5.02 Å². The highest BCUT2D eigenvalue weighted by Gasteiger charge is 2.53. The first-order valence-electron chi connectivity index (χ1n) is 10.8. The zero-order valence-corrected chi connectivity index (χ0v) is 18.2. The number of anilines is 2. The Morgan fingerprint density at radius 1 is 1.19 bits per heavy atom. The van der Waals surface area contributed by atoms with Gasteiger partial charge in [-0.2, -0.15) is 0 Å². The maximum Gasteiger partial charge on any atom is 0.267 e. The normalized spacial score (nSPS) is 21.5. The number of fused-ring (bicyclic) bond motifs is 2. The first kappa shape index (κ1) is 19.3. The molecule has 1 amide bonds. The summed E-state index contributed by atoms with van der Waals surface area (Å²) in [6, 6.07) is 7.71. The van der Waals surface area contributed by atoms with Crippen molar-refractivity contribution in [1.29, 1.82) is 0 Å². The molecule has 3 heterocycles. The fraction of sp³-hybridized carbons (Fsp3) is 0.304. The van der Waals surface area contributed by atoms with Crippen molar-refractivity contribution >= 4 is 40.0 Å². The Balaban J connectivity index is 1.23. The van der Waals surface area contributed by atoms with Crippen molar-refractivity contribution in [3.8, 4) is 11.4 Å². The quantitative estimate of drug-likeness (QED) is 0.424. The maximum absolute atomic E-state index is 12.7. The number of aromatic nitrogens is 5. The van der Waals surface area contributed by atoms with Crippen LogP contribution in [0.4, 0.5) is 11.6 Å². The summed E-state index contributed by atoms with van der Waals surface area (Å²) in [5, 5.41) is 7.75. The van der Waals surface area contributed by atoms with Gasteiger partial charge in [-0.1, -0.05) is 18.0 Å². The molecule has 3 atom stereocenters. The minimum Gasteiger partial charge on any atom is -0.349 e. The molecule has 0 saturated heterocycles. The lowest BCUT2D eigenvalue weighted by atomic mass is 10.2. The van der Waals surface area contributed by atoms with Crippen molar-refractivity contribution in [2.24, 2.45) is 18.9 Å². The van der Waals surface area contributed by atoms with Crippen LogP contribution in [0, 0.1) is 11.8 Å². The van der Waals surface area contributed by atoms with E-state index < -0.39 is 0 Å². The number of H-pyrrole nitrogens is 1. The van der Waals surface area contributed by atoms with Crippen LogP contribution < -0.4 is 10.6 Å². The molecular formula is C23H22ClN7O. The monoisotopic (exact) mass is 447 g/mol. The first-order valence-corrected chi connectivity index (χ1v) is 11.1. The fourth-order valence-corrected chi connectivity index (χ4v) is 5.17. The van der Waals surface area contributed by atoms with Crippen LogP contribution in [0.1, 0.15) is 29.8 Å². The van der Waals surface area contributed by atoms with Crippen LogP contribution in [0.25, 0.3) is 22.3 Å². The number of rotatable bonds is 5. The zero-order chi connectivity index (χ0) is 21.8. The molecule has 3 N–H and O–H groups in total. The summed E-state index contributed by atoms with van der Waals surface area (Å²) in [7, 11) is 1.91. The van der Waals surface area contributed by atoms with Gasteiger partial charge in [-0.05, 0) is 48.9 Å². The van der Waals surface area contributed by atoms with Crippen LogP contribution in [-0.2, 0) is 7.05 Å². The molecule has 1 unspecified atom stereocenters. The van der Waals surface area contributed by atoms with Gasteiger partial charge in [0.1, 0.15) is 11.4 Å². The van der Waals surface area contributed by atoms with Crippen molar-refractivity contribution in [3.63, 3.8) is 0 Å². The molecule has 6 rings (SSSR count). The van der Waals surface area contributed by atoms with E-state index in [-0.39, 0.29) is 5.91 Å². The topological polar surface area (TPSA) is 101 Å².